The maximum Gasteiger partial charge on any atom is 0.224 e. The largest absolute Gasteiger partial charge is 0.339 e. The summed E-state index contributed by atoms with van der Waals surface area (Å²) in [6.07, 6.45) is 0.438. The standard InChI is InChI=1S/C10H21ClN2O/c1-5-13(10(14)6-7-11)9(2)8-12(3)4/h9H,5-8H2,1-4H3. The highest BCUT2D eigenvalue weighted by Gasteiger charge is 2.17. The van der Waals surface area contributed by atoms with Gasteiger partial charge in [0.1, 0.15) is 0 Å². The van der Waals surface area contributed by atoms with Gasteiger partial charge in [-0.25, -0.2) is 0 Å². The summed E-state index contributed by atoms with van der Waals surface area (Å²) in [5, 5.41) is 0. The number of carbonyl (C=O) groups is 1. The molecule has 1 atom stereocenters. The molecule has 1 amide bonds. The highest BCUT2D eigenvalue weighted by atomic mass is 35.5. The molecular formula is C10H21ClN2O. The fourth-order valence-electron chi connectivity index (χ4n) is 1.59. The lowest BCUT2D eigenvalue weighted by Crippen LogP contribution is -2.43. The van der Waals surface area contributed by atoms with Crippen LogP contribution in [0.25, 0.3) is 0 Å². The summed E-state index contributed by atoms with van der Waals surface area (Å²) in [6.45, 7) is 5.71. The quantitative estimate of drug-likeness (QED) is 0.632. The van der Waals surface area contributed by atoms with E-state index < -0.39 is 0 Å². The summed E-state index contributed by atoms with van der Waals surface area (Å²) in [7, 11) is 4.02. The van der Waals surface area contributed by atoms with Gasteiger partial charge in [0, 0.05) is 31.4 Å². The van der Waals surface area contributed by atoms with Crippen molar-refractivity contribution in [1.82, 2.24) is 9.80 Å². The number of carbonyl (C=O) groups excluding carboxylic acids is 1. The molecule has 0 aromatic carbocycles. The van der Waals surface area contributed by atoms with Crippen molar-refractivity contribution in [2.45, 2.75) is 26.3 Å². The highest BCUT2D eigenvalue weighted by Crippen LogP contribution is 2.03. The third-order valence-corrected chi connectivity index (χ3v) is 2.32. The van der Waals surface area contributed by atoms with Crippen LogP contribution >= 0.6 is 11.6 Å². The molecule has 0 saturated heterocycles. The topological polar surface area (TPSA) is 23.6 Å². The second-order valence-corrected chi connectivity index (χ2v) is 4.11. The van der Waals surface area contributed by atoms with Crippen molar-refractivity contribution in [3.05, 3.63) is 0 Å². The SMILES string of the molecule is CCN(C(=O)CCCl)C(C)CN(C)C. The smallest absolute Gasteiger partial charge is 0.224 e. The highest BCUT2D eigenvalue weighted by molar-refractivity contribution is 6.18. The van der Waals surface area contributed by atoms with Crippen LogP contribution in [-0.4, -0.2) is 54.8 Å². The van der Waals surface area contributed by atoms with E-state index in [0.717, 1.165) is 13.1 Å². The molecule has 0 heterocycles. The first-order chi connectivity index (χ1) is 6.52. The lowest BCUT2D eigenvalue weighted by molar-refractivity contribution is -0.132. The summed E-state index contributed by atoms with van der Waals surface area (Å²) in [6, 6.07) is 0.255. The molecule has 0 radical (unpaired) electrons. The number of amides is 1. The first kappa shape index (κ1) is 13.7. The van der Waals surface area contributed by atoms with Crippen LogP contribution in [0.15, 0.2) is 0 Å². The van der Waals surface area contributed by atoms with Crippen molar-refractivity contribution in [3.63, 3.8) is 0 Å². The third kappa shape index (κ3) is 4.82. The van der Waals surface area contributed by atoms with Crippen LogP contribution in [0.4, 0.5) is 0 Å². The van der Waals surface area contributed by atoms with Crippen molar-refractivity contribution < 1.29 is 4.79 Å². The van der Waals surface area contributed by atoms with E-state index in [1.54, 1.807) is 0 Å². The Bertz CT molecular complexity index is 174. The van der Waals surface area contributed by atoms with E-state index >= 15 is 0 Å². The van der Waals surface area contributed by atoms with Gasteiger partial charge in [0.05, 0.1) is 0 Å². The van der Waals surface area contributed by atoms with Crippen molar-refractivity contribution in [2.75, 3.05) is 33.1 Å². The molecule has 14 heavy (non-hydrogen) atoms. The molecule has 3 nitrogen and oxygen atoms in total. The van der Waals surface area contributed by atoms with Gasteiger partial charge in [-0.15, -0.1) is 11.6 Å². The number of hydrogen-bond acceptors (Lipinski definition) is 2. The van der Waals surface area contributed by atoms with Gasteiger partial charge in [0.25, 0.3) is 0 Å². The Morgan fingerprint density at radius 1 is 1.43 bits per heavy atom. The van der Waals surface area contributed by atoms with E-state index in [4.69, 9.17) is 11.6 Å². The van der Waals surface area contributed by atoms with Crippen LogP contribution in [0.3, 0.4) is 0 Å². The maximum atomic E-state index is 11.6. The van der Waals surface area contributed by atoms with Crippen LogP contribution in [-0.2, 0) is 4.79 Å². The van der Waals surface area contributed by atoms with Gasteiger partial charge in [0.15, 0.2) is 0 Å². The molecule has 0 aromatic heterocycles. The molecule has 0 spiro atoms. The monoisotopic (exact) mass is 220 g/mol. The number of alkyl halides is 1. The first-order valence-electron chi connectivity index (χ1n) is 5.03. The van der Waals surface area contributed by atoms with Crippen molar-refractivity contribution in [1.29, 1.82) is 0 Å². The van der Waals surface area contributed by atoms with E-state index in [1.165, 1.54) is 0 Å². The molecule has 0 saturated carbocycles. The van der Waals surface area contributed by atoms with E-state index in [9.17, 15) is 4.79 Å². The van der Waals surface area contributed by atoms with E-state index in [0.29, 0.717) is 12.3 Å². The Labute approximate surface area is 92.0 Å². The second kappa shape index (κ2) is 7.07. The Balaban J connectivity index is 4.17. The zero-order valence-electron chi connectivity index (χ0n) is 9.59. The second-order valence-electron chi connectivity index (χ2n) is 3.73. The average molecular weight is 221 g/mol. The first-order valence-corrected chi connectivity index (χ1v) is 5.56. The van der Waals surface area contributed by atoms with Gasteiger partial charge in [-0.1, -0.05) is 0 Å². The number of nitrogens with zero attached hydrogens (tertiary/aromatic N) is 2. The molecule has 0 aliphatic carbocycles. The molecular weight excluding hydrogens is 200 g/mol. The number of rotatable bonds is 6. The maximum absolute atomic E-state index is 11.6. The van der Waals surface area contributed by atoms with Crippen LogP contribution < -0.4 is 0 Å². The number of likely N-dealkylation sites (N-methyl/N-ethyl adjacent to an activating group) is 2. The van der Waals surface area contributed by atoms with Crippen LogP contribution in [0, 0.1) is 0 Å². The number of hydrogen-bond donors (Lipinski definition) is 0. The zero-order valence-corrected chi connectivity index (χ0v) is 10.3. The molecule has 84 valence electrons. The predicted molar refractivity (Wildman–Crippen MR) is 60.7 cm³/mol. The third-order valence-electron chi connectivity index (χ3n) is 2.13. The molecule has 0 aliphatic rings. The van der Waals surface area contributed by atoms with Crippen molar-refractivity contribution in [2.24, 2.45) is 0 Å². The minimum Gasteiger partial charge on any atom is -0.339 e. The molecule has 1 unspecified atom stereocenters. The Morgan fingerprint density at radius 3 is 2.36 bits per heavy atom. The minimum atomic E-state index is 0.150. The summed E-state index contributed by atoms with van der Waals surface area (Å²) in [5.41, 5.74) is 0. The van der Waals surface area contributed by atoms with Gasteiger partial charge in [0.2, 0.25) is 5.91 Å². The summed E-state index contributed by atoms with van der Waals surface area (Å²) >= 11 is 5.55. The predicted octanol–water partition coefficient (Wildman–Crippen LogP) is 1.41. The van der Waals surface area contributed by atoms with Crippen molar-refractivity contribution in [3.8, 4) is 0 Å². The van der Waals surface area contributed by atoms with Gasteiger partial charge < -0.3 is 9.80 Å². The lowest BCUT2D eigenvalue weighted by atomic mass is 10.2. The fourth-order valence-corrected chi connectivity index (χ4v) is 1.75. The summed E-state index contributed by atoms with van der Waals surface area (Å²) in [4.78, 5) is 15.6. The van der Waals surface area contributed by atoms with Gasteiger partial charge in [-0.3, -0.25) is 4.79 Å². The molecule has 0 aromatic rings. The summed E-state index contributed by atoms with van der Waals surface area (Å²) in [5.74, 6) is 0.557. The normalized spacial score (nSPS) is 13.0. The Morgan fingerprint density at radius 2 is 2.00 bits per heavy atom. The van der Waals surface area contributed by atoms with Gasteiger partial charge in [-0.05, 0) is 27.9 Å². The van der Waals surface area contributed by atoms with Gasteiger partial charge in [-0.2, -0.15) is 0 Å². The zero-order chi connectivity index (χ0) is 11.1. The lowest BCUT2D eigenvalue weighted by Gasteiger charge is -2.30. The molecule has 0 aliphatic heterocycles. The van der Waals surface area contributed by atoms with E-state index in [-0.39, 0.29) is 11.9 Å². The fraction of sp³-hybridized carbons (Fsp3) is 0.900. The minimum absolute atomic E-state index is 0.150. The van der Waals surface area contributed by atoms with E-state index in [2.05, 4.69) is 11.8 Å². The molecule has 0 fully saturated rings. The summed E-state index contributed by atoms with van der Waals surface area (Å²) < 4.78 is 0. The van der Waals surface area contributed by atoms with Crippen LogP contribution in [0.5, 0.6) is 0 Å². The molecule has 4 heteroatoms. The molecule has 0 N–H and O–H groups in total. The number of halogens is 1. The average Bonchev–Trinajstić information content (AvgIpc) is 2.04. The van der Waals surface area contributed by atoms with Crippen LogP contribution in [0.2, 0.25) is 0 Å². The Hall–Kier alpha value is -0.280. The van der Waals surface area contributed by atoms with E-state index in [1.807, 2.05) is 25.9 Å². The van der Waals surface area contributed by atoms with Crippen LogP contribution in [0.1, 0.15) is 20.3 Å². The van der Waals surface area contributed by atoms with Crippen molar-refractivity contribution >= 4 is 17.5 Å². The molecule has 0 bridgehead atoms. The van der Waals surface area contributed by atoms with Gasteiger partial charge >= 0.3 is 0 Å². The molecule has 0 rings (SSSR count). The Kier molecular flexibility index (Phi) is 6.93.